The van der Waals surface area contributed by atoms with Crippen LogP contribution in [0.15, 0.2) is 0 Å². The number of sulfone groups is 1. The van der Waals surface area contributed by atoms with Crippen LogP contribution in [0.2, 0.25) is 0 Å². The van der Waals surface area contributed by atoms with Gasteiger partial charge in [0.15, 0.2) is 0 Å². The van der Waals surface area contributed by atoms with Gasteiger partial charge in [-0.3, -0.25) is 11.3 Å². The molecule has 0 radical (unpaired) electrons. The normalized spacial score (nSPS) is 22.1. The zero-order valence-electron chi connectivity index (χ0n) is 11.8. The third-order valence-corrected chi connectivity index (χ3v) is 5.21. The van der Waals surface area contributed by atoms with Crippen molar-refractivity contribution in [2.24, 2.45) is 5.84 Å². The minimum absolute atomic E-state index is 0.00229. The first-order valence-electron chi connectivity index (χ1n) is 6.63. The van der Waals surface area contributed by atoms with Gasteiger partial charge in [-0.25, -0.2) is 8.42 Å². The molecule has 18 heavy (non-hydrogen) atoms. The van der Waals surface area contributed by atoms with Gasteiger partial charge >= 0.3 is 0 Å². The van der Waals surface area contributed by atoms with Crippen LogP contribution in [-0.4, -0.2) is 51.0 Å². The first-order valence-corrected chi connectivity index (χ1v) is 8.69. The summed E-state index contributed by atoms with van der Waals surface area (Å²) in [4.78, 5) is 2.22. The lowest BCUT2D eigenvalue weighted by atomic mass is 9.74. The van der Waals surface area contributed by atoms with Crippen molar-refractivity contribution in [1.29, 1.82) is 0 Å². The maximum atomic E-state index is 11.3. The fourth-order valence-electron chi connectivity index (χ4n) is 3.11. The van der Waals surface area contributed by atoms with Gasteiger partial charge in [0.1, 0.15) is 9.84 Å². The van der Waals surface area contributed by atoms with Crippen molar-refractivity contribution >= 4 is 9.84 Å². The van der Waals surface area contributed by atoms with E-state index in [-0.39, 0.29) is 17.3 Å². The molecule has 1 rings (SSSR count). The van der Waals surface area contributed by atoms with Crippen molar-refractivity contribution in [1.82, 2.24) is 10.3 Å². The van der Waals surface area contributed by atoms with Gasteiger partial charge in [-0.2, -0.15) is 0 Å². The van der Waals surface area contributed by atoms with Gasteiger partial charge in [0, 0.05) is 17.8 Å². The Balaban J connectivity index is 2.80. The molecule has 0 aliphatic heterocycles. The summed E-state index contributed by atoms with van der Waals surface area (Å²) in [6.45, 7) is 0. The molecule has 0 heterocycles. The van der Waals surface area contributed by atoms with E-state index in [9.17, 15) is 8.42 Å². The Kier molecular flexibility index (Phi) is 5.58. The van der Waals surface area contributed by atoms with Crippen molar-refractivity contribution in [3.05, 3.63) is 0 Å². The molecule has 5 nitrogen and oxygen atoms in total. The number of hydrazine groups is 1. The number of nitrogens with zero attached hydrogens (tertiary/aromatic N) is 1. The van der Waals surface area contributed by atoms with Crippen LogP contribution in [0, 0.1) is 0 Å². The fraction of sp³-hybridized carbons (Fsp3) is 1.00. The van der Waals surface area contributed by atoms with Crippen molar-refractivity contribution in [2.45, 2.75) is 50.1 Å². The fourth-order valence-corrected chi connectivity index (χ4v) is 3.77. The quantitative estimate of drug-likeness (QED) is 0.547. The molecule has 1 aliphatic carbocycles. The molecule has 0 bridgehead atoms. The predicted octanol–water partition coefficient (Wildman–Crippen LogP) is 0.518. The summed E-state index contributed by atoms with van der Waals surface area (Å²) < 4.78 is 22.7. The monoisotopic (exact) mass is 277 g/mol. The number of rotatable bonds is 6. The lowest BCUT2D eigenvalue weighted by Gasteiger charge is -2.48. The number of nitrogens with one attached hydrogen (secondary N) is 1. The van der Waals surface area contributed by atoms with E-state index in [0.29, 0.717) is 6.42 Å². The van der Waals surface area contributed by atoms with Gasteiger partial charge in [-0.05, 0) is 33.4 Å². The Labute approximate surface area is 111 Å². The van der Waals surface area contributed by atoms with Gasteiger partial charge in [-0.15, -0.1) is 0 Å². The topological polar surface area (TPSA) is 75.4 Å². The molecule has 1 unspecified atom stereocenters. The first-order chi connectivity index (χ1) is 8.32. The molecule has 0 aromatic heterocycles. The van der Waals surface area contributed by atoms with Crippen LogP contribution >= 0.6 is 0 Å². The van der Waals surface area contributed by atoms with E-state index in [4.69, 9.17) is 5.84 Å². The number of likely N-dealkylation sites (N-methyl/N-ethyl adjacent to an activating group) is 1. The standard InChI is InChI=1S/C12H27N3O2S/c1-15(2)12(8-5-4-6-9-12)11(14-13)7-10-18(3,16)17/h11,14H,4-10,13H2,1-3H3. The lowest BCUT2D eigenvalue weighted by Crippen LogP contribution is -2.61. The van der Waals surface area contributed by atoms with E-state index in [0.717, 1.165) is 12.8 Å². The summed E-state index contributed by atoms with van der Waals surface area (Å²) in [5.74, 6) is 5.88. The molecule has 0 spiro atoms. The molecule has 1 saturated carbocycles. The zero-order valence-corrected chi connectivity index (χ0v) is 12.6. The molecule has 6 heteroatoms. The predicted molar refractivity (Wildman–Crippen MR) is 74.9 cm³/mol. The minimum atomic E-state index is -2.93. The summed E-state index contributed by atoms with van der Waals surface area (Å²) in [5.41, 5.74) is 2.86. The van der Waals surface area contributed by atoms with Crippen LogP contribution in [0.3, 0.4) is 0 Å². The summed E-state index contributed by atoms with van der Waals surface area (Å²) in [5, 5.41) is 0. The van der Waals surface area contributed by atoms with Gasteiger partial charge in [-0.1, -0.05) is 19.3 Å². The number of nitrogens with two attached hydrogens (primary N) is 1. The third-order valence-electron chi connectivity index (χ3n) is 4.24. The molecule has 0 aromatic carbocycles. The van der Waals surface area contributed by atoms with Gasteiger partial charge in [0.2, 0.25) is 0 Å². The van der Waals surface area contributed by atoms with Gasteiger partial charge in [0.25, 0.3) is 0 Å². The second-order valence-corrected chi connectivity index (χ2v) is 7.96. The summed E-state index contributed by atoms with van der Waals surface area (Å²) >= 11 is 0. The molecular weight excluding hydrogens is 250 g/mol. The van der Waals surface area contributed by atoms with E-state index in [1.165, 1.54) is 25.5 Å². The van der Waals surface area contributed by atoms with Gasteiger partial charge in [0.05, 0.1) is 5.75 Å². The maximum Gasteiger partial charge on any atom is 0.147 e. The summed E-state index contributed by atoms with van der Waals surface area (Å²) in [6.07, 6.45) is 7.66. The number of hydrogen-bond acceptors (Lipinski definition) is 5. The molecule has 0 saturated heterocycles. The van der Waals surface area contributed by atoms with E-state index in [1.54, 1.807) is 0 Å². The smallest absolute Gasteiger partial charge is 0.147 e. The zero-order chi connectivity index (χ0) is 13.8. The Hall–Kier alpha value is -0.170. The SMILES string of the molecule is CN(C)C1(C(CCS(C)(=O)=O)NN)CCCCC1. The van der Waals surface area contributed by atoms with Crippen LogP contribution < -0.4 is 11.3 Å². The third kappa shape index (κ3) is 3.91. The Bertz CT molecular complexity index is 348. The van der Waals surface area contributed by atoms with Crippen molar-refractivity contribution in [3.8, 4) is 0 Å². The van der Waals surface area contributed by atoms with Crippen molar-refractivity contribution < 1.29 is 8.42 Å². The molecule has 3 N–H and O–H groups in total. The van der Waals surface area contributed by atoms with Crippen LogP contribution in [0.5, 0.6) is 0 Å². The minimum Gasteiger partial charge on any atom is -0.302 e. The van der Waals surface area contributed by atoms with Crippen molar-refractivity contribution in [3.63, 3.8) is 0 Å². The van der Waals surface area contributed by atoms with E-state index < -0.39 is 9.84 Å². The number of hydrogen-bond donors (Lipinski definition) is 2. The first kappa shape index (κ1) is 15.9. The Morgan fingerprint density at radius 1 is 1.28 bits per heavy atom. The highest BCUT2D eigenvalue weighted by Crippen LogP contribution is 2.36. The molecule has 1 fully saturated rings. The lowest BCUT2D eigenvalue weighted by molar-refractivity contribution is 0.0556. The van der Waals surface area contributed by atoms with Crippen LogP contribution in [0.1, 0.15) is 38.5 Å². The highest BCUT2D eigenvalue weighted by Gasteiger charge is 2.41. The van der Waals surface area contributed by atoms with E-state index in [1.807, 2.05) is 0 Å². The average Bonchev–Trinajstić information content (AvgIpc) is 2.29. The summed E-state index contributed by atoms with van der Waals surface area (Å²) in [7, 11) is 1.20. The molecular formula is C12H27N3O2S. The maximum absolute atomic E-state index is 11.3. The largest absolute Gasteiger partial charge is 0.302 e. The molecule has 1 atom stereocenters. The Morgan fingerprint density at radius 2 is 1.83 bits per heavy atom. The molecule has 108 valence electrons. The second-order valence-electron chi connectivity index (χ2n) is 5.70. The van der Waals surface area contributed by atoms with Crippen LogP contribution in [-0.2, 0) is 9.84 Å². The molecule has 1 aliphatic rings. The highest BCUT2D eigenvalue weighted by atomic mass is 32.2. The summed E-state index contributed by atoms with van der Waals surface area (Å²) in [6, 6.07) is 0.0301. The van der Waals surface area contributed by atoms with Crippen molar-refractivity contribution in [2.75, 3.05) is 26.1 Å². The Morgan fingerprint density at radius 3 is 2.22 bits per heavy atom. The average molecular weight is 277 g/mol. The van der Waals surface area contributed by atoms with E-state index >= 15 is 0 Å². The molecule has 0 amide bonds. The van der Waals surface area contributed by atoms with Gasteiger partial charge < -0.3 is 4.90 Å². The van der Waals surface area contributed by atoms with Crippen LogP contribution in [0.25, 0.3) is 0 Å². The molecule has 0 aromatic rings. The van der Waals surface area contributed by atoms with Crippen LogP contribution in [0.4, 0.5) is 0 Å². The second kappa shape index (κ2) is 6.32. The highest BCUT2D eigenvalue weighted by molar-refractivity contribution is 7.90. The van der Waals surface area contributed by atoms with E-state index in [2.05, 4.69) is 24.4 Å².